The molecule has 2 rings (SSSR count). The van der Waals surface area contributed by atoms with Crippen LogP contribution < -0.4 is 10.6 Å². The van der Waals surface area contributed by atoms with E-state index in [1.807, 2.05) is 0 Å². The highest BCUT2D eigenvalue weighted by Crippen LogP contribution is 2.20. The lowest BCUT2D eigenvalue weighted by Crippen LogP contribution is -2.43. The van der Waals surface area contributed by atoms with E-state index >= 15 is 0 Å². The van der Waals surface area contributed by atoms with Gasteiger partial charge in [-0.05, 0) is 38.5 Å². The third-order valence-electron chi connectivity index (χ3n) is 4.59. The van der Waals surface area contributed by atoms with Gasteiger partial charge in [-0.25, -0.2) is 12.7 Å². The maximum atomic E-state index is 11.5. The Hall–Kier alpha value is -0.0900. The highest BCUT2D eigenvalue weighted by atomic mass is 127. The molecule has 2 N–H and O–H groups in total. The van der Waals surface area contributed by atoms with Gasteiger partial charge in [-0.2, -0.15) is 0 Å². The predicted octanol–water partition coefficient (Wildman–Crippen LogP) is 1.77. The number of hydrogen-bond acceptors (Lipinski definition) is 3. The predicted molar refractivity (Wildman–Crippen MR) is 106 cm³/mol. The van der Waals surface area contributed by atoms with Gasteiger partial charge < -0.3 is 10.6 Å². The monoisotopic (exact) mass is 458 g/mol. The van der Waals surface area contributed by atoms with E-state index in [-0.39, 0.29) is 24.0 Å². The Morgan fingerprint density at radius 2 is 1.78 bits per heavy atom. The fraction of sp³-hybridized carbons (Fsp3) is 0.933. The van der Waals surface area contributed by atoms with E-state index in [1.165, 1.54) is 31.9 Å². The van der Waals surface area contributed by atoms with Crippen LogP contribution >= 0.6 is 24.0 Å². The van der Waals surface area contributed by atoms with Crippen molar-refractivity contribution in [3.05, 3.63) is 0 Å². The molecule has 0 unspecified atom stereocenters. The smallest absolute Gasteiger partial charge is 0.211 e. The number of nitrogens with zero attached hydrogens (tertiary/aromatic N) is 2. The van der Waals surface area contributed by atoms with Gasteiger partial charge in [0, 0.05) is 32.2 Å². The van der Waals surface area contributed by atoms with Gasteiger partial charge in [0.1, 0.15) is 0 Å². The number of guanidine groups is 1. The average molecular weight is 458 g/mol. The molecule has 1 aliphatic carbocycles. The fourth-order valence-electron chi connectivity index (χ4n) is 3.23. The van der Waals surface area contributed by atoms with E-state index in [9.17, 15) is 8.42 Å². The molecule has 2 fully saturated rings. The lowest BCUT2D eigenvalue weighted by molar-refractivity contribution is 0.280. The summed E-state index contributed by atoms with van der Waals surface area (Å²) in [6.07, 6.45) is 8.18. The molecule has 0 aromatic heterocycles. The highest BCUT2D eigenvalue weighted by molar-refractivity contribution is 14.0. The highest BCUT2D eigenvalue weighted by Gasteiger charge is 2.24. The van der Waals surface area contributed by atoms with E-state index in [0.29, 0.717) is 25.0 Å². The van der Waals surface area contributed by atoms with Gasteiger partial charge in [0.15, 0.2) is 5.96 Å². The molecule has 23 heavy (non-hydrogen) atoms. The van der Waals surface area contributed by atoms with Crippen LogP contribution in [0.5, 0.6) is 0 Å². The summed E-state index contributed by atoms with van der Waals surface area (Å²) >= 11 is 0. The van der Waals surface area contributed by atoms with Gasteiger partial charge >= 0.3 is 0 Å². The van der Waals surface area contributed by atoms with Crippen LogP contribution in [-0.4, -0.2) is 57.2 Å². The van der Waals surface area contributed by atoms with Gasteiger partial charge in [-0.1, -0.05) is 12.8 Å². The van der Waals surface area contributed by atoms with Crippen molar-refractivity contribution in [1.82, 2.24) is 14.9 Å². The molecule has 0 amide bonds. The van der Waals surface area contributed by atoms with Gasteiger partial charge in [0.2, 0.25) is 10.0 Å². The summed E-state index contributed by atoms with van der Waals surface area (Å²) in [7, 11) is -3.03. The van der Waals surface area contributed by atoms with Crippen molar-refractivity contribution in [2.75, 3.05) is 32.4 Å². The number of sulfonamides is 1. The Morgan fingerprint density at radius 1 is 1.17 bits per heavy atom. The Kier molecular flexibility index (Phi) is 9.13. The van der Waals surface area contributed by atoms with Gasteiger partial charge in [-0.3, -0.25) is 4.99 Å². The molecular formula is C15H31IN4O2S. The molecule has 1 aliphatic heterocycles. The molecule has 1 saturated heterocycles. The van der Waals surface area contributed by atoms with Crippen molar-refractivity contribution in [3.8, 4) is 0 Å². The average Bonchev–Trinajstić information content (AvgIpc) is 2.97. The van der Waals surface area contributed by atoms with Crippen molar-refractivity contribution >= 4 is 40.0 Å². The standard InChI is InChI=1S/C15H30N4O2S.HI/c1-3-16-15(18-14-6-4-5-7-14)17-12-13-8-10-19(11-9-13)22(2,20)21;/h13-14H,3-12H2,1-2H3,(H2,16,17,18);1H. The largest absolute Gasteiger partial charge is 0.357 e. The van der Waals surface area contributed by atoms with E-state index in [0.717, 1.165) is 31.9 Å². The molecule has 6 nitrogen and oxygen atoms in total. The maximum absolute atomic E-state index is 11.5. The number of nitrogens with one attached hydrogen (secondary N) is 2. The zero-order chi connectivity index (χ0) is 16.0. The topological polar surface area (TPSA) is 73.8 Å². The zero-order valence-corrected chi connectivity index (χ0v) is 17.4. The lowest BCUT2D eigenvalue weighted by Gasteiger charge is -2.29. The van der Waals surface area contributed by atoms with Crippen molar-refractivity contribution in [2.45, 2.75) is 51.5 Å². The van der Waals surface area contributed by atoms with Gasteiger partial charge in [0.25, 0.3) is 0 Å². The molecular weight excluding hydrogens is 427 g/mol. The first-order valence-electron chi connectivity index (χ1n) is 8.49. The SMILES string of the molecule is CCNC(=NCC1CCN(S(C)(=O)=O)CC1)NC1CCCC1.I. The molecule has 0 aromatic rings. The summed E-state index contributed by atoms with van der Waals surface area (Å²) in [4.78, 5) is 4.71. The minimum absolute atomic E-state index is 0. The van der Waals surface area contributed by atoms with Crippen molar-refractivity contribution < 1.29 is 8.42 Å². The molecule has 0 atom stereocenters. The van der Waals surface area contributed by atoms with Crippen LogP contribution in [0.1, 0.15) is 45.4 Å². The number of piperidine rings is 1. The lowest BCUT2D eigenvalue weighted by atomic mass is 9.98. The van der Waals surface area contributed by atoms with E-state index in [4.69, 9.17) is 4.99 Å². The molecule has 8 heteroatoms. The first-order chi connectivity index (χ1) is 10.5. The Labute approximate surface area is 157 Å². The summed E-state index contributed by atoms with van der Waals surface area (Å²) in [5, 5.41) is 6.84. The second-order valence-electron chi connectivity index (χ2n) is 6.45. The van der Waals surface area contributed by atoms with Crippen molar-refractivity contribution in [2.24, 2.45) is 10.9 Å². The first-order valence-corrected chi connectivity index (χ1v) is 10.3. The van der Waals surface area contributed by atoms with Crippen LogP contribution in [0.3, 0.4) is 0 Å². The molecule has 0 aromatic carbocycles. The summed E-state index contributed by atoms with van der Waals surface area (Å²) in [5.41, 5.74) is 0. The Bertz CT molecular complexity index is 470. The van der Waals surface area contributed by atoms with Gasteiger partial charge in [0.05, 0.1) is 6.26 Å². The van der Waals surface area contributed by atoms with Crippen molar-refractivity contribution in [1.29, 1.82) is 0 Å². The molecule has 1 heterocycles. The number of halogens is 1. The zero-order valence-electron chi connectivity index (χ0n) is 14.3. The van der Waals surface area contributed by atoms with E-state index < -0.39 is 10.0 Å². The second-order valence-corrected chi connectivity index (χ2v) is 8.43. The summed E-state index contributed by atoms with van der Waals surface area (Å²) < 4.78 is 24.6. The molecule has 0 bridgehead atoms. The van der Waals surface area contributed by atoms with Crippen LogP contribution in [0.15, 0.2) is 4.99 Å². The van der Waals surface area contributed by atoms with Crippen molar-refractivity contribution in [3.63, 3.8) is 0 Å². The Balaban J connectivity index is 0.00000264. The van der Waals surface area contributed by atoms with Crippen LogP contribution in [0.2, 0.25) is 0 Å². The fourth-order valence-corrected chi connectivity index (χ4v) is 4.10. The Morgan fingerprint density at radius 3 is 2.30 bits per heavy atom. The molecule has 2 aliphatic rings. The second kappa shape index (κ2) is 10.0. The maximum Gasteiger partial charge on any atom is 0.211 e. The number of aliphatic imine (C=N–C) groups is 1. The summed E-state index contributed by atoms with van der Waals surface area (Å²) in [6, 6.07) is 0.560. The quantitative estimate of drug-likeness (QED) is 0.374. The van der Waals surface area contributed by atoms with E-state index in [2.05, 4.69) is 17.6 Å². The molecule has 0 spiro atoms. The van der Waals surface area contributed by atoms with Crippen LogP contribution in [0.4, 0.5) is 0 Å². The molecule has 0 radical (unpaired) electrons. The minimum atomic E-state index is -3.03. The minimum Gasteiger partial charge on any atom is -0.357 e. The third kappa shape index (κ3) is 7.13. The first kappa shape index (κ1) is 21.0. The molecule has 1 saturated carbocycles. The van der Waals surface area contributed by atoms with E-state index in [1.54, 1.807) is 4.31 Å². The molecule has 136 valence electrons. The van der Waals surface area contributed by atoms with Gasteiger partial charge in [-0.15, -0.1) is 24.0 Å². The van der Waals surface area contributed by atoms with Crippen LogP contribution in [-0.2, 0) is 10.0 Å². The van der Waals surface area contributed by atoms with Crippen LogP contribution in [0, 0.1) is 5.92 Å². The van der Waals surface area contributed by atoms with Crippen LogP contribution in [0.25, 0.3) is 0 Å². The summed E-state index contributed by atoms with van der Waals surface area (Å²) in [6.45, 7) is 4.98. The third-order valence-corrected chi connectivity index (χ3v) is 5.89. The number of hydrogen-bond donors (Lipinski definition) is 2. The number of rotatable bonds is 5. The summed E-state index contributed by atoms with van der Waals surface area (Å²) in [5.74, 6) is 1.40. The normalized spacial score (nSPS) is 21.9.